The lowest BCUT2D eigenvalue weighted by molar-refractivity contribution is -0.144. The second kappa shape index (κ2) is 25.5. The number of nitrogens with one attached hydrogen (secondary N) is 4. The highest BCUT2D eigenvalue weighted by atomic mass is 35.5. The van der Waals surface area contributed by atoms with E-state index >= 15 is 0 Å². The molecule has 3 amide bonds. The van der Waals surface area contributed by atoms with Crippen molar-refractivity contribution in [2.45, 2.75) is 134 Å². The molecular weight excluding hydrogens is 1020 g/mol. The number of amides is 3. The number of carbonyl (C=O) groups excluding carboxylic acids is 3. The van der Waals surface area contributed by atoms with Crippen molar-refractivity contribution in [3.8, 4) is 16.2 Å². The van der Waals surface area contributed by atoms with Gasteiger partial charge in [0.05, 0.1) is 63.1 Å². The number of aromatic nitrogens is 3. The van der Waals surface area contributed by atoms with Gasteiger partial charge >= 0.3 is 0 Å². The van der Waals surface area contributed by atoms with E-state index in [2.05, 4.69) is 73.3 Å². The Kier molecular flexibility index (Phi) is 20.0. The van der Waals surface area contributed by atoms with Gasteiger partial charge in [-0.2, -0.15) is 4.98 Å². The lowest BCUT2D eigenvalue weighted by Crippen LogP contribution is -2.57. The Morgan fingerprint density at radius 3 is 2.41 bits per heavy atom. The summed E-state index contributed by atoms with van der Waals surface area (Å²) in [6.45, 7) is 18.0. The zero-order valence-electron chi connectivity index (χ0n) is 44.3. The molecule has 0 spiro atoms. The second-order valence-electron chi connectivity index (χ2n) is 20.3. The molecule has 16 nitrogen and oxygen atoms in total. The molecule has 4 atom stereocenters. The van der Waals surface area contributed by atoms with Crippen LogP contribution in [0.3, 0.4) is 0 Å². The van der Waals surface area contributed by atoms with Crippen molar-refractivity contribution in [1.29, 1.82) is 0 Å². The lowest BCUT2D eigenvalue weighted by Gasteiger charge is -2.35. The quantitative estimate of drug-likeness (QED) is 0.0305. The Morgan fingerprint density at radius 2 is 1.73 bits per heavy atom. The number of hydrogen-bond donors (Lipinski definition) is 5. The first kappa shape index (κ1) is 58.0. The molecule has 2 aromatic heterocycles. The highest BCUT2D eigenvalue weighted by molar-refractivity contribution is 7.99. The van der Waals surface area contributed by atoms with Crippen LogP contribution < -0.4 is 26.0 Å². The van der Waals surface area contributed by atoms with Crippen LogP contribution in [-0.2, 0) is 30.6 Å². The molecule has 5 N–H and O–H groups in total. The van der Waals surface area contributed by atoms with Crippen molar-refractivity contribution in [3.05, 3.63) is 93.7 Å². The van der Waals surface area contributed by atoms with Gasteiger partial charge in [0.1, 0.15) is 22.9 Å². The number of thioether (sulfide) groups is 1. The van der Waals surface area contributed by atoms with Crippen molar-refractivity contribution < 1.29 is 32.6 Å². The maximum absolute atomic E-state index is 14.0. The molecule has 74 heavy (non-hydrogen) atoms. The van der Waals surface area contributed by atoms with Crippen molar-refractivity contribution in [1.82, 2.24) is 35.4 Å². The molecule has 1 fully saturated rings. The number of unbranched alkanes of at least 4 members (excludes halogenated alkanes) is 2. The number of anilines is 4. The van der Waals surface area contributed by atoms with Crippen LogP contribution in [0.25, 0.3) is 10.4 Å². The standard InChI is InChI=1S/C54H72ClN9O7S3/c1-32(2)74(69,70)47-18-14-13-17-42(47)60-50-41(55)29-56-53(62-50)61-43-25-33(3)37(26-45(43)71-11)21-23-63(10)22-15-12-16-24-72-46-27-38(48-35(5)57-31-73-48)19-20-40(46)34(4)58-51(67)44-28-39(66)30-64(44)52(68)49(54(7,8)9)59-36(6)65/h13-14,17-20,25-27,29,31-32,34,39,44,49,66H,12,15-16,21-24,28,30H2,1-11H3,(H,58,67)(H,59,65)(H2,56,60,61,62)/t34-,39+,44-,49+/m0/s1. The molecule has 1 aliphatic rings. The normalized spacial score (nSPS) is 15.8. The first-order valence-electron chi connectivity index (χ1n) is 25.0. The minimum atomic E-state index is -3.58. The van der Waals surface area contributed by atoms with Crippen LogP contribution in [-0.4, -0.2) is 119 Å². The van der Waals surface area contributed by atoms with E-state index < -0.39 is 44.7 Å². The van der Waals surface area contributed by atoms with E-state index in [9.17, 15) is 27.9 Å². The van der Waals surface area contributed by atoms with Crippen molar-refractivity contribution in [3.63, 3.8) is 0 Å². The van der Waals surface area contributed by atoms with Gasteiger partial charge < -0.3 is 40.9 Å². The molecule has 1 saturated heterocycles. The third-order valence-electron chi connectivity index (χ3n) is 13.1. The van der Waals surface area contributed by atoms with Gasteiger partial charge in [0.15, 0.2) is 15.7 Å². The average Bonchev–Trinajstić information content (AvgIpc) is 3.97. The van der Waals surface area contributed by atoms with Crippen LogP contribution in [0.1, 0.15) is 103 Å². The first-order chi connectivity index (χ1) is 35.0. The molecule has 0 saturated carbocycles. The number of sulfone groups is 1. The summed E-state index contributed by atoms with van der Waals surface area (Å²) in [6.07, 6.45) is 4.58. The fraction of sp³-hybridized carbons (Fsp3) is 0.481. The van der Waals surface area contributed by atoms with Crippen LogP contribution in [0.15, 0.2) is 76.1 Å². The first-order valence-corrected chi connectivity index (χ1v) is 28.8. The minimum Gasteiger partial charge on any atom is -0.495 e. The summed E-state index contributed by atoms with van der Waals surface area (Å²) in [5.41, 5.74) is 7.49. The van der Waals surface area contributed by atoms with Gasteiger partial charge in [0, 0.05) is 31.3 Å². The summed E-state index contributed by atoms with van der Waals surface area (Å²) < 4.78 is 32.0. The summed E-state index contributed by atoms with van der Waals surface area (Å²) in [5.74, 6) is 0.935. The number of nitrogens with zero attached hydrogens (tertiary/aromatic N) is 5. The molecule has 0 bridgehead atoms. The molecule has 0 radical (unpaired) electrons. The topological polar surface area (TPSA) is 208 Å². The van der Waals surface area contributed by atoms with E-state index in [4.69, 9.17) is 16.3 Å². The molecule has 0 aliphatic carbocycles. The van der Waals surface area contributed by atoms with Gasteiger partial charge in [0.25, 0.3) is 0 Å². The summed E-state index contributed by atoms with van der Waals surface area (Å²) in [6, 6.07) is 14.9. The Bertz CT molecular complexity index is 2890. The number of aliphatic hydroxyl groups excluding tert-OH is 1. The summed E-state index contributed by atoms with van der Waals surface area (Å²) >= 11 is 9.86. The summed E-state index contributed by atoms with van der Waals surface area (Å²) in [4.78, 5) is 59.4. The van der Waals surface area contributed by atoms with Crippen LogP contribution >= 0.6 is 34.7 Å². The smallest absolute Gasteiger partial charge is 0.246 e. The van der Waals surface area contributed by atoms with Crippen LogP contribution in [0.2, 0.25) is 5.02 Å². The van der Waals surface area contributed by atoms with Crippen molar-refractivity contribution in [2.75, 3.05) is 50.2 Å². The Labute approximate surface area is 450 Å². The van der Waals surface area contributed by atoms with E-state index in [0.29, 0.717) is 17.1 Å². The number of β-amino-alcohol motifs (C(OH)–C–C–N with tert-alkyl or cyclic N) is 1. The Balaban J connectivity index is 1.03. The number of aryl methyl sites for hydroxylation is 2. The van der Waals surface area contributed by atoms with E-state index in [-0.39, 0.29) is 52.4 Å². The fourth-order valence-electron chi connectivity index (χ4n) is 8.82. The molecule has 400 valence electrons. The number of para-hydroxylation sites is 1. The summed E-state index contributed by atoms with van der Waals surface area (Å²) in [7, 11) is 0.174. The third-order valence-corrected chi connectivity index (χ3v) is 17.7. The zero-order chi connectivity index (χ0) is 54.1. The maximum atomic E-state index is 14.0. The predicted molar refractivity (Wildman–Crippen MR) is 298 cm³/mol. The minimum absolute atomic E-state index is 0.0124. The number of ether oxygens (including phenoxy) is 1. The lowest BCUT2D eigenvalue weighted by atomic mass is 9.85. The number of methoxy groups -OCH3 is 1. The molecule has 3 heterocycles. The van der Waals surface area contributed by atoms with Gasteiger partial charge in [0.2, 0.25) is 23.7 Å². The van der Waals surface area contributed by atoms with Crippen LogP contribution in [0, 0.1) is 19.3 Å². The number of benzene rings is 3. The number of likely N-dealkylation sites (N-methyl/N-ethyl adjacent to an activating group) is 1. The van der Waals surface area contributed by atoms with Gasteiger partial charge in [-0.05, 0) is 131 Å². The molecule has 3 aromatic carbocycles. The zero-order valence-corrected chi connectivity index (χ0v) is 47.5. The van der Waals surface area contributed by atoms with Gasteiger partial charge in [-0.25, -0.2) is 18.4 Å². The fourth-order valence-corrected chi connectivity index (χ4v) is 12.1. The molecular formula is C54H72ClN9O7S3. The molecule has 6 rings (SSSR count). The largest absolute Gasteiger partial charge is 0.495 e. The van der Waals surface area contributed by atoms with Gasteiger partial charge in [-0.15, -0.1) is 23.1 Å². The third kappa shape index (κ3) is 14.7. The van der Waals surface area contributed by atoms with E-state index in [0.717, 1.165) is 82.2 Å². The highest BCUT2D eigenvalue weighted by Crippen LogP contribution is 2.37. The van der Waals surface area contributed by atoms with Crippen molar-refractivity contribution in [2.24, 2.45) is 5.41 Å². The maximum Gasteiger partial charge on any atom is 0.246 e. The Hall–Kier alpha value is -5.31. The monoisotopic (exact) mass is 1090 g/mol. The molecule has 5 aromatic rings. The number of halogens is 1. The number of aliphatic hydroxyl groups is 1. The second-order valence-corrected chi connectivity index (χ2v) is 25.2. The van der Waals surface area contributed by atoms with Crippen LogP contribution in [0.4, 0.5) is 23.1 Å². The van der Waals surface area contributed by atoms with E-state index in [1.807, 2.05) is 52.3 Å². The number of thiazole rings is 1. The average molecular weight is 1090 g/mol. The predicted octanol–water partition coefficient (Wildman–Crippen LogP) is 9.67. The SMILES string of the molecule is COc1cc(CCN(C)CCCCCSc2cc(-c3scnc3C)ccc2[C@H](C)NC(=O)[C@@H]2C[C@@H](O)CN2C(=O)[C@@H](NC(C)=O)C(C)(C)C)c(C)cc1Nc1ncc(Cl)c(Nc2ccccc2S(=O)(=O)C(C)C)n1. The van der Waals surface area contributed by atoms with Crippen LogP contribution in [0.5, 0.6) is 5.75 Å². The summed E-state index contributed by atoms with van der Waals surface area (Å²) in [5, 5.41) is 22.6. The van der Waals surface area contributed by atoms with Gasteiger partial charge in [-0.1, -0.05) is 63.1 Å². The number of carbonyl (C=O) groups is 3. The van der Waals surface area contributed by atoms with Crippen molar-refractivity contribution >= 4 is 85.4 Å². The number of rotatable bonds is 23. The molecule has 0 unspecified atom stereocenters. The number of hydrogen-bond acceptors (Lipinski definition) is 15. The highest BCUT2D eigenvalue weighted by Gasteiger charge is 2.44. The number of likely N-dealkylation sites (tertiary alicyclic amines) is 1. The van der Waals surface area contributed by atoms with E-state index in [1.165, 1.54) is 18.0 Å². The Morgan fingerprint density at radius 1 is 0.986 bits per heavy atom. The molecule has 20 heteroatoms. The van der Waals surface area contributed by atoms with E-state index in [1.54, 1.807) is 68.3 Å². The van der Waals surface area contributed by atoms with Gasteiger partial charge in [-0.3, -0.25) is 14.4 Å². The molecule has 1 aliphatic heterocycles.